The number of carbonyl (C=O) groups is 1. The molecule has 1 atom stereocenters. The molecule has 0 aromatic heterocycles. The summed E-state index contributed by atoms with van der Waals surface area (Å²) in [6.45, 7) is 0.884. The minimum absolute atomic E-state index is 0.00600. The summed E-state index contributed by atoms with van der Waals surface area (Å²) in [5.41, 5.74) is 1.12. The second-order valence-electron chi connectivity index (χ2n) is 5.33. The molecule has 122 valence electrons. The van der Waals surface area contributed by atoms with Crippen LogP contribution in [0, 0.1) is 11.6 Å². The number of thioether (sulfide) groups is 1. The first-order chi connectivity index (χ1) is 11.0. The highest BCUT2D eigenvalue weighted by molar-refractivity contribution is 7.98. The van der Waals surface area contributed by atoms with Gasteiger partial charge in [-0.15, -0.1) is 11.8 Å². The molecule has 23 heavy (non-hydrogen) atoms. The molecular weight excluding hydrogens is 318 g/mol. The van der Waals surface area contributed by atoms with Crippen LogP contribution in [-0.2, 0) is 11.3 Å². The van der Waals surface area contributed by atoms with Crippen molar-refractivity contribution in [3.63, 3.8) is 0 Å². The fourth-order valence-corrected chi connectivity index (χ4v) is 2.62. The van der Waals surface area contributed by atoms with Gasteiger partial charge >= 0.3 is 0 Å². The van der Waals surface area contributed by atoms with Gasteiger partial charge < -0.3 is 10.2 Å². The van der Waals surface area contributed by atoms with Gasteiger partial charge in [0, 0.05) is 16.5 Å². The average Bonchev–Trinajstić information content (AvgIpc) is 2.50. The van der Waals surface area contributed by atoms with Crippen molar-refractivity contribution in [3.05, 3.63) is 59.7 Å². The SMILES string of the molecule is CSc1ccc(C[NH+](C)CC(=O)Nc2ccc(F)cc2F)cc1. The van der Waals surface area contributed by atoms with E-state index in [4.69, 9.17) is 0 Å². The van der Waals surface area contributed by atoms with Crippen LogP contribution in [0.25, 0.3) is 0 Å². The maximum atomic E-state index is 13.5. The van der Waals surface area contributed by atoms with E-state index in [9.17, 15) is 13.6 Å². The Morgan fingerprint density at radius 2 is 1.87 bits per heavy atom. The van der Waals surface area contributed by atoms with Gasteiger partial charge in [-0.2, -0.15) is 0 Å². The van der Waals surface area contributed by atoms with E-state index in [1.165, 1.54) is 11.0 Å². The van der Waals surface area contributed by atoms with Crippen LogP contribution < -0.4 is 10.2 Å². The second-order valence-corrected chi connectivity index (χ2v) is 6.21. The minimum Gasteiger partial charge on any atom is -0.326 e. The first-order valence-corrected chi connectivity index (χ1v) is 8.39. The van der Waals surface area contributed by atoms with Crippen molar-refractivity contribution in [1.29, 1.82) is 0 Å². The number of quaternary nitrogens is 1. The number of nitrogens with one attached hydrogen (secondary N) is 2. The summed E-state index contributed by atoms with van der Waals surface area (Å²) in [7, 11) is 1.89. The zero-order chi connectivity index (χ0) is 16.8. The molecule has 1 unspecified atom stereocenters. The molecule has 0 aliphatic heterocycles. The first kappa shape index (κ1) is 17.4. The molecule has 0 aliphatic carbocycles. The molecule has 0 saturated heterocycles. The molecule has 0 bridgehead atoms. The van der Waals surface area contributed by atoms with E-state index in [1.54, 1.807) is 11.8 Å². The molecule has 2 rings (SSSR count). The van der Waals surface area contributed by atoms with Crippen LogP contribution >= 0.6 is 11.8 Å². The van der Waals surface area contributed by atoms with Crippen LogP contribution in [0.5, 0.6) is 0 Å². The Kier molecular flexibility index (Phi) is 6.12. The van der Waals surface area contributed by atoms with Gasteiger partial charge in [0.1, 0.15) is 18.2 Å². The van der Waals surface area contributed by atoms with E-state index in [1.807, 2.05) is 37.6 Å². The third-order valence-corrected chi connectivity index (χ3v) is 4.08. The van der Waals surface area contributed by atoms with Gasteiger partial charge in [0.05, 0.1) is 12.7 Å². The van der Waals surface area contributed by atoms with Crippen molar-refractivity contribution in [3.8, 4) is 0 Å². The summed E-state index contributed by atoms with van der Waals surface area (Å²) >= 11 is 1.68. The van der Waals surface area contributed by atoms with Gasteiger partial charge in [-0.05, 0) is 30.5 Å². The van der Waals surface area contributed by atoms with Gasteiger partial charge in [0.15, 0.2) is 6.54 Å². The van der Waals surface area contributed by atoms with Crippen molar-refractivity contribution < 1.29 is 18.5 Å². The van der Waals surface area contributed by atoms with E-state index in [2.05, 4.69) is 5.32 Å². The lowest BCUT2D eigenvalue weighted by atomic mass is 10.2. The molecule has 0 saturated carbocycles. The fourth-order valence-electron chi connectivity index (χ4n) is 2.21. The fraction of sp³-hybridized carbons (Fsp3) is 0.235. The van der Waals surface area contributed by atoms with E-state index in [-0.39, 0.29) is 18.1 Å². The van der Waals surface area contributed by atoms with Crippen molar-refractivity contribution in [1.82, 2.24) is 0 Å². The molecule has 3 nitrogen and oxygen atoms in total. The third kappa shape index (κ3) is 5.33. The molecule has 0 fully saturated rings. The molecular formula is C17H19F2N2OS+. The van der Waals surface area contributed by atoms with Crippen molar-refractivity contribution in [2.75, 3.05) is 25.2 Å². The highest BCUT2D eigenvalue weighted by Gasteiger charge is 2.13. The summed E-state index contributed by atoms with van der Waals surface area (Å²) in [6.07, 6.45) is 2.02. The highest BCUT2D eigenvalue weighted by atomic mass is 32.2. The Bertz CT molecular complexity index is 677. The number of rotatable bonds is 6. The Labute approximate surface area is 138 Å². The number of hydrogen-bond donors (Lipinski definition) is 2. The van der Waals surface area contributed by atoms with Crippen LogP contribution in [-0.4, -0.2) is 25.8 Å². The molecule has 6 heteroatoms. The molecule has 0 heterocycles. The monoisotopic (exact) mass is 337 g/mol. The highest BCUT2D eigenvalue weighted by Crippen LogP contribution is 2.15. The Morgan fingerprint density at radius 3 is 2.48 bits per heavy atom. The molecule has 0 spiro atoms. The summed E-state index contributed by atoms with van der Waals surface area (Å²) in [5.74, 6) is -1.76. The van der Waals surface area contributed by atoms with E-state index < -0.39 is 11.6 Å². The maximum Gasteiger partial charge on any atom is 0.279 e. The lowest BCUT2D eigenvalue weighted by Gasteiger charge is -2.14. The normalized spacial score (nSPS) is 12.0. The van der Waals surface area contributed by atoms with Gasteiger partial charge in [-0.3, -0.25) is 4.79 Å². The van der Waals surface area contributed by atoms with Crippen molar-refractivity contribution in [2.45, 2.75) is 11.4 Å². The minimum atomic E-state index is -0.774. The van der Waals surface area contributed by atoms with Gasteiger partial charge in [0.25, 0.3) is 5.91 Å². The number of likely N-dealkylation sites (N-methyl/N-ethyl adjacent to an activating group) is 1. The Balaban J connectivity index is 1.88. The largest absolute Gasteiger partial charge is 0.326 e. The molecule has 2 aromatic carbocycles. The Hall–Kier alpha value is -1.92. The van der Waals surface area contributed by atoms with Crippen LogP contribution in [0.1, 0.15) is 5.56 Å². The number of anilines is 1. The van der Waals surface area contributed by atoms with Gasteiger partial charge in [-0.1, -0.05) is 12.1 Å². The lowest BCUT2D eigenvalue weighted by molar-refractivity contribution is -0.885. The zero-order valence-electron chi connectivity index (χ0n) is 13.0. The number of benzene rings is 2. The van der Waals surface area contributed by atoms with Gasteiger partial charge in [-0.25, -0.2) is 8.78 Å². The Morgan fingerprint density at radius 1 is 1.17 bits per heavy atom. The van der Waals surface area contributed by atoms with Crippen LogP contribution in [0.2, 0.25) is 0 Å². The predicted molar refractivity (Wildman–Crippen MR) is 88.7 cm³/mol. The van der Waals surface area contributed by atoms with E-state index in [0.29, 0.717) is 6.54 Å². The molecule has 2 aromatic rings. The zero-order valence-corrected chi connectivity index (χ0v) is 13.8. The summed E-state index contributed by atoms with van der Waals surface area (Å²) in [4.78, 5) is 14.1. The summed E-state index contributed by atoms with van der Waals surface area (Å²) < 4.78 is 26.3. The van der Waals surface area contributed by atoms with E-state index >= 15 is 0 Å². The van der Waals surface area contributed by atoms with Crippen LogP contribution in [0.3, 0.4) is 0 Å². The number of amides is 1. The van der Waals surface area contributed by atoms with Gasteiger partial charge in [0.2, 0.25) is 0 Å². The van der Waals surface area contributed by atoms with E-state index in [0.717, 1.165) is 22.6 Å². The first-order valence-electron chi connectivity index (χ1n) is 7.17. The topological polar surface area (TPSA) is 33.5 Å². The average molecular weight is 337 g/mol. The molecule has 1 amide bonds. The molecule has 2 N–H and O–H groups in total. The number of carbonyl (C=O) groups excluding carboxylic acids is 1. The smallest absolute Gasteiger partial charge is 0.279 e. The number of halogens is 2. The van der Waals surface area contributed by atoms with Crippen molar-refractivity contribution >= 4 is 23.4 Å². The summed E-state index contributed by atoms with van der Waals surface area (Å²) in [5, 5.41) is 2.47. The summed E-state index contributed by atoms with van der Waals surface area (Å²) in [6, 6.07) is 11.2. The standard InChI is InChI=1S/C17H18F2N2OS/c1-21(10-12-3-6-14(23-2)7-4-12)11-17(22)20-16-8-5-13(18)9-15(16)19/h3-9H,10-11H2,1-2H3,(H,20,22)/p+1. The predicted octanol–water partition coefficient (Wildman–Crippen LogP) is 2.34. The van der Waals surface area contributed by atoms with Crippen LogP contribution in [0.15, 0.2) is 47.4 Å². The quantitative estimate of drug-likeness (QED) is 0.794. The molecule has 0 radical (unpaired) electrons. The lowest BCUT2D eigenvalue weighted by Crippen LogP contribution is -3.08. The third-order valence-electron chi connectivity index (χ3n) is 3.33. The molecule has 0 aliphatic rings. The van der Waals surface area contributed by atoms with Crippen molar-refractivity contribution in [2.24, 2.45) is 0 Å². The van der Waals surface area contributed by atoms with Crippen LogP contribution in [0.4, 0.5) is 14.5 Å². The second kappa shape index (κ2) is 8.08. The number of hydrogen-bond acceptors (Lipinski definition) is 2. The maximum absolute atomic E-state index is 13.5.